The van der Waals surface area contributed by atoms with Crippen LogP contribution in [0, 0.1) is 0 Å². The van der Waals surface area contributed by atoms with Crippen LogP contribution < -0.4 is 10.1 Å². The third-order valence-corrected chi connectivity index (χ3v) is 3.46. The van der Waals surface area contributed by atoms with Crippen LogP contribution in [0.4, 0.5) is 0 Å². The van der Waals surface area contributed by atoms with Gasteiger partial charge < -0.3 is 15.2 Å². The number of ether oxygens (including phenoxy) is 1. The predicted octanol–water partition coefficient (Wildman–Crippen LogP) is 2.19. The Bertz CT molecular complexity index is 659. The Morgan fingerprint density at radius 3 is 2.90 bits per heavy atom. The van der Waals surface area contributed by atoms with E-state index in [1.54, 1.807) is 24.3 Å². The van der Waals surface area contributed by atoms with Gasteiger partial charge in [0.15, 0.2) is 12.3 Å². The summed E-state index contributed by atoms with van der Waals surface area (Å²) < 4.78 is 5.27. The van der Waals surface area contributed by atoms with Gasteiger partial charge in [0, 0.05) is 10.4 Å². The van der Waals surface area contributed by atoms with Gasteiger partial charge in [-0.2, -0.15) is 0 Å². The molecule has 8 heteroatoms. The lowest BCUT2D eigenvalue weighted by atomic mass is 10.3. The maximum atomic E-state index is 11.6. The van der Waals surface area contributed by atoms with Crippen molar-refractivity contribution in [2.24, 2.45) is 0 Å². The first-order valence-corrected chi connectivity index (χ1v) is 7.13. The molecule has 0 fully saturated rings. The molecule has 0 aliphatic carbocycles. The highest BCUT2D eigenvalue weighted by molar-refractivity contribution is 7.09. The maximum absolute atomic E-state index is 11.6. The van der Waals surface area contributed by atoms with Gasteiger partial charge >= 0.3 is 5.97 Å². The number of nitrogens with zero attached hydrogens (tertiary/aromatic N) is 1. The van der Waals surface area contributed by atoms with Crippen LogP contribution >= 0.6 is 22.9 Å². The zero-order valence-electron chi connectivity index (χ0n) is 10.7. The maximum Gasteiger partial charge on any atom is 0.355 e. The van der Waals surface area contributed by atoms with E-state index in [4.69, 9.17) is 21.4 Å². The van der Waals surface area contributed by atoms with E-state index < -0.39 is 5.97 Å². The van der Waals surface area contributed by atoms with E-state index in [-0.39, 0.29) is 24.8 Å². The summed E-state index contributed by atoms with van der Waals surface area (Å²) >= 11 is 6.97. The number of aromatic nitrogens is 1. The second-order valence-electron chi connectivity index (χ2n) is 3.95. The standard InChI is InChI=1S/C13H11ClN2O4S/c14-8-2-1-3-9(4-8)20-6-11(17)15-5-12-16-10(7-21-12)13(18)19/h1-4,7H,5-6H2,(H,15,17)(H,18,19). The summed E-state index contributed by atoms with van der Waals surface area (Å²) in [5.74, 6) is -0.921. The Morgan fingerprint density at radius 1 is 1.43 bits per heavy atom. The van der Waals surface area contributed by atoms with Crippen molar-refractivity contribution < 1.29 is 19.4 Å². The van der Waals surface area contributed by atoms with Crippen LogP contribution in [0.5, 0.6) is 5.75 Å². The molecule has 1 aromatic carbocycles. The number of rotatable bonds is 6. The molecule has 0 aliphatic heterocycles. The van der Waals surface area contributed by atoms with Gasteiger partial charge in [0.1, 0.15) is 10.8 Å². The smallest absolute Gasteiger partial charge is 0.355 e. The minimum atomic E-state index is -1.09. The van der Waals surface area contributed by atoms with Gasteiger partial charge in [0.25, 0.3) is 5.91 Å². The topological polar surface area (TPSA) is 88.5 Å². The van der Waals surface area contributed by atoms with Crippen LogP contribution in [-0.4, -0.2) is 28.6 Å². The number of carboxylic acids is 1. The van der Waals surface area contributed by atoms with Crippen LogP contribution in [0.2, 0.25) is 5.02 Å². The number of benzene rings is 1. The number of thiazole rings is 1. The van der Waals surface area contributed by atoms with Gasteiger partial charge in [0.05, 0.1) is 6.54 Å². The van der Waals surface area contributed by atoms with Crippen molar-refractivity contribution in [1.29, 1.82) is 0 Å². The highest BCUT2D eigenvalue weighted by atomic mass is 35.5. The Morgan fingerprint density at radius 2 is 2.24 bits per heavy atom. The summed E-state index contributed by atoms with van der Waals surface area (Å²) in [7, 11) is 0. The van der Waals surface area contributed by atoms with Crippen molar-refractivity contribution in [2.75, 3.05) is 6.61 Å². The highest BCUT2D eigenvalue weighted by Gasteiger charge is 2.09. The molecule has 0 saturated carbocycles. The SMILES string of the molecule is O=C(COc1cccc(Cl)c1)NCc1nc(C(=O)O)cs1. The molecular formula is C13H11ClN2O4S. The molecule has 0 aliphatic rings. The molecule has 2 aromatic rings. The number of nitrogens with one attached hydrogen (secondary N) is 1. The average Bonchev–Trinajstić information content (AvgIpc) is 2.92. The summed E-state index contributed by atoms with van der Waals surface area (Å²) in [4.78, 5) is 26.1. The van der Waals surface area contributed by atoms with Crippen molar-refractivity contribution in [3.05, 3.63) is 45.4 Å². The number of carbonyl (C=O) groups excluding carboxylic acids is 1. The molecule has 2 N–H and O–H groups in total. The second kappa shape index (κ2) is 7.05. The molecule has 1 heterocycles. The molecule has 6 nitrogen and oxygen atoms in total. The van der Waals surface area contributed by atoms with Crippen LogP contribution in [-0.2, 0) is 11.3 Å². The molecule has 1 amide bonds. The molecule has 1 aromatic heterocycles. The fraction of sp³-hybridized carbons (Fsp3) is 0.154. The van der Waals surface area contributed by atoms with Crippen LogP contribution in [0.15, 0.2) is 29.6 Å². The molecule has 0 saturated heterocycles. The molecule has 0 radical (unpaired) electrons. The first-order chi connectivity index (χ1) is 10.0. The fourth-order valence-corrected chi connectivity index (χ4v) is 2.31. The highest BCUT2D eigenvalue weighted by Crippen LogP contribution is 2.16. The Labute approximate surface area is 129 Å². The quantitative estimate of drug-likeness (QED) is 0.849. The van der Waals surface area contributed by atoms with Crippen LogP contribution in [0.1, 0.15) is 15.5 Å². The molecule has 0 spiro atoms. The molecule has 0 atom stereocenters. The lowest BCUT2D eigenvalue weighted by molar-refractivity contribution is -0.123. The largest absolute Gasteiger partial charge is 0.484 e. The van der Waals surface area contributed by atoms with E-state index in [9.17, 15) is 9.59 Å². The second-order valence-corrected chi connectivity index (χ2v) is 5.33. The van der Waals surface area contributed by atoms with Gasteiger partial charge in [-0.25, -0.2) is 9.78 Å². The summed E-state index contributed by atoms with van der Waals surface area (Å²) in [6.07, 6.45) is 0. The first-order valence-electron chi connectivity index (χ1n) is 5.87. The Hall–Kier alpha value is -2.12. The van der Waals surface area contributed by atoms with Crippen LogP contribution in [0.25, 0.3) is 0 Å². The van der Waals surface area contributed by atoms with E-state index >= 15 is 0 Å². The Balaban J connectivity index is 1.78. The van der Waals surface area contributed by atoms with E-state index in [1.807, 2.05) is 0 Å². The van der Waals surface area contributed by atoms with Gasteiger partial charge in [-0.3, -0.25) is 4.79 Å². The zero-order valence-corrected chi connectivity index (χ0v) is 12.3. The molecule has 21 heavy (non-hydrogen) atoms. The molecule has 0 unspecified atom stereocenters. The number of carbonyl (C=O) groups is 2. The first kappa shape index (κ1) is 15.3. The van der Waals surface area contributed by atoms with Crippen LogP contribution in [0.3, 0.4) is 0 Å². The fourth-order valence-electron chi connectivity index (χ4n) is 1.42. The summed E-state index contributed by atoms with van der Waals surface area (Å²) in [5.41, 5.74) is -0.0283. The monoisotopic (exact) mass is 326 g/mol. The number of hydrogen-bond acceptors (Lipinski definition) is 5. The lowest BCUT2D eigenvalue weighted by Gasteiger charge is -2.06. The van der Waals surface area contributed by atoms with Crippen molar-refractivity contribution >= 4 is 34.8 Å². The molecule has 2 rings (SSSR count). The van der Waals surface area contributed by atoms with Gasteiger partial charge in [-0.1, -0.05) is 17.7 Å². The van der Waals surface area contributed by atoms with Crippen molar-refractivity contribution in [3.8, 4) is 5.75 Å². The predicted molar refractivity (Wildman–Crippen MR) is 77.9 cm³/mol. The summed E-state index contributed by atoms with van der Waals surface area (Å²) in [6.45, 7) is 0.00713. The van der Waals surface area contributed by atoms with Crippen molar-refractivity contribution in [2.45, 2.75) is 6.54 Å². The minimum absolute atomic E-state index is 0.0283. The van der Waals surface area contributed by atoms with E-state index in [0.717, 1.165) is 0 Å². The number of carboxylic acid groups (broad SMARTS) is 1. The van der Waals surface area contributed by atoms with E-state index in [2.05, 4.69) is 10.3 Å². The third kappa shape index (κ3) is 4.73. The summed E-state index contributed by atoms with van der Waals surface area (Å²) in [6, 6.07) is 6.73. The van der Waals surface area contributed by atoms with Gasteiger partial charge in [-0.05, 0) is 18.2 Å². The van der Waals surface area contributed by atoms with Crippen molar-refractivity contribution in [1.82, 2.24) is 10.3 Å². The normalized spacial score (nSPS) is 10.1. The Kier molecular flexibility index (Phi) is 5.13. The lowest BCUT2D eigenvalue weighted by Crippen LogP contribution is -2.28. The molecular weight excluding hydrogens is 316 g/mol. The average molecular weight is 327 g/mol. The molecule has 110 valence electrons. The number of hydrogen-bond donors (Lipinski definition) is 2. The third-order valence-electron chi connectivity index (χ3n) is 2.37. The summed E-state index contributed by atoms with van der Waals surface area (Å²) in [5, 5.41) is 13.8. The minimum Gasteiger partial charge on any atom is -0.484 e. The number of halogens is 1. The van der Waals surface area contributed by atoms with E-state index in [0.29, 0.717) is 15.8 Å². The van der Waals surface area contributed by atoms with Crippen molar-refractivity contribution in [3.63, 3.8) is 0 Å². The number of amides is 1. The molecule has 0 bridgehead atoms. The van der Waals surface area contributed by atoms with Gasteiger partial charge in [-0.15, -0.1) is 11.3 Å². The number of aromatic carboxylic acids is 1. The van der Waals surface area contributed by atoms with E-state index in [1.165, 1.54) is 16.7 Å². The zero-order chi connectivity index (χ0) is 15.2. The van der Waals surface area contributed by atoms with Gasteiger partial charge in [0.2, 0.25) is 0 Å².